The van der Waals surface area contributed by atoms with Crippen molar-refractivity contribution in [2.24, 2.45) is 11.3 Å². The van der Waals surface area contributed by atoms with E-state index in [2.05, 4.69) is 43.7 Å². The predicted octanol–water partition coefficient (Wildman–Crippen LogP) is 2.98. The van der Waals surface area contributed by atoms with Crippen LogP contribution in [0.1, 0.15) is 48.8 Å². The van der Waals surface area contributed by atoms with Crippen LogP contribution >= 0.6 is 11.6 Å². The van der Waals surface area contributed by atoms with Crippen LogP contribution < -0.4 is 0 Å². The van der Waals surface area contributed by atoms with E-state index in [1.54, 1.807) is 0 Å². The molecule has 3 heterocycles. The van der Waals surface area contributed by atoms with Gasteiger partial charge in [-0.3, -0.25) is 14.3 Å². The van der Waals surface area contributed by atoms with Crippen molar-refractivity contribution in [3.05, 3.63) is 40.4 Å². The number of hydrogen-bond acceptors (Lipinski definition) is 4. The van der Waals surface area contributed by atoms with E-state index in [1.807, 2.05) is 6.07 Å². The molecule has 1 saturated heterocycles. The van der Waals surface area contributed by atoms with Crippen LogP contribution in [0.15, 0.2) is 18.2 Å². The fourth-order valence-corrected chi connectivity index (χ4v) is 5.58. The molecule has 4 aliphatic rings. The average Bonchev–Trinajstić information content (AvgIpc) is 3.37. The first-order valence-electron chi connectivity index (χ1n) is 10.2. The van der Waals surface area contributed by atoms with E-state index in [-0.39, 0.29) is 0 Å². The Bertz CT molecular complexity index is 967. The number of aromatic nitrogens is 3. The highest BCUT2D eigenvalue weighted by Gasteiger charge is 2.56. The average molecular weight is 398 g/mol. The second kappa shape index (κ2) is 5.80. The van der Waals surface area contributed by atoms with Crippen molar-refractivity contribution in [2.45, 2.75) is 44.7 Å². The van der Waals surface area contributed by atoms with Crippen molar-refractivity contribution in [1.82, 2.24) is 24.6 Å². The summed E-state index contributed by atoms with van der Waals surface area (Å²) >= 11 is 6.26. The van der Waals surface area contributed by atoms with Gasteiger partial charge in [-0.25, -0.2) is 0 Å². The van der Waals surface area contributed by atoms with Gasteiger partial charge in [0.2, 0.25) is 5.91 Å². The molecule has 3 fully saturated rings. The van der Waals surface area contributed by atoms with Gasteiger partial charge in [-0.05, 0) is 56.5 Å². The molecule has 1 aromatic carbocycles. The zero-order valence-corrected chi connectivity index (χ0v) is 16.8. The van der Waals surface area contributed by atoms with E-state index in [4.69, 9.17) is 11.6 Å². The molecular formula is C21H24ClN5O. The number of likely N-dealkylation sites (tertiary alicyclic amines) is 1. The van der Waals surface area contributed by atoms with Gasteiger partial charge in [0.15, 0.2) is 5.82 Å². The zero-order chi connectivity index (χ0) is 19.0. The maximum atomic E-state index is 12.2. The largest absolute Gasteiger partial charge is 0.341 e. The summed E-state index contributed by atoms with van der Waals surface area (Å²) in [6.07, 6.45) is 4.40. The SMILES string of the molecule is CN1Cc2cc(Cl)ccc2-n2c(nnc2C2CC3(C2)CN(C(=O)C2CC2)C3)C1. The number of benzene rings is 1. The van der Waals surface area contributed by atoms with Crippen LogP contribution in [0, 0.1) is 11.3 Å². The number of carbonyl (C=O) groups is 1. The molecule has 1 spiro atoms. The first-order valence-corrected chi connectivity index (χ1v) is 10.6. The summed E-state index contributed by atoms with van der Waals surface area (Å²) in [5.41, 5.74) is 2.70. The van der Waals surface area contributed by atoms with Crippen LogP contribution in [0.4, 0.5) is 0 Å². The van der Waals surface area contributed by atoms with Crippen LogP contribution in [0.5, 0.6) is 0 Å². The third kappa shape index (κ3) is 2.54. The normalized spacial score (nSPS) is 23.6. The van der Waals surface area contributed by atoms with E-state index in [0.717, 1.165) is 74.2 Å². The third-order valence-electron chi connectivity index (χ3n) is 6.90. The van der Waals surface area contributed by atoms with E-state index in [0.29, 0.717) is 23.2 Å². The molecule has 7 heteroatoms. The minimum absolute atomic E-state index is 0.325. The van der Waals surface area contributed by atoms with Gasteiger partial charge in [-0.15, -0.1) is 10.2 Å². The summed E-state index contributed by atoms with van der Waals surface area (Å²) in [5, 5.41) is 9.90. The summed E-state index contributed by atoms with van der Waals surface area (Å²) in [6.45, 7) is 3.51. The first kappa shape index (κ1) is 17.0. The molecule has 0 unspecified atom stereocenters. The second-order valence-corrected chi connectivity index (χ2v) is 9.77. The molecule has 28 heavy (non-hydrogen) atoms. The van der Waals surface area contributed by atoms with E-state index >= 15 is 0 Å². The third-order valence-corrected chi connectivity index (χ3v) is 7.14. The maximum absolute atomic E-state index is 12.2. The number of hydrogen-bond donors (Lipinski definition) is 0. The summed E-state index contributed by atoms with van der Waals surface area (Å²) in [7, 11) is 2.10. The molecule has 0 radical (unpaired) electrons. The smallest absolute Gasteiger partial charge is 0.225 e. The van der Waals surface area contributed by atoms with E-state index in [1.165, 1.54) is 5.56 Å². The molecule has 2 saturated carbocycles. The van der Waals surface area contributed by atoms with Gasteiger partial charge < -0.3 is 4.90 Å². The van der Waals surface area contributed by atoms with Crippen molar-refractivity contribution in [3.8, 4) is 5.69 Å². The van der Waals surface area contributed by atoms with Crippen molar-refractivity contribution >= 4 is 17.5 Å². The summed E-state index contributed by atoms with van der Waals surface area (Å²) in [6, 6.07) is 6.11. The van der Waals surface area contributed by atoms with Gasteiger partial charge in [0.1, 0.15) is 5.82 Å². The Kier molecular flexibility index (Phi) is 3.52. The lowest BCUT2D eigenvalue weighted by atomic mass is 9.57. The predicted molar refractivity (Wildman–Crippen MR) is 105 cm³/mol. The summed E-state index contributed by atoms with van der Waals surface area (Å²) < 4.78 is 2.26. The number of nitrogens with zero attached hydrogens (tertiary/aromatic N) is 5. The van der Waals surface area contributed by atoms with Crippen LogP contribution in [-0.2, 0) is 17.9 Å². The van der Waals surface area contributed by atoms with Crippen LogP contribution in [-0.4, -0.2) is 50.6 Å². The fourth-order valence-electron chi connectivity index (χ4n) is 5.38. The lowest BCUT2D eigenvalue weighted by Crippen LogP contribution is -2.63. The van der Waals surface area contributed by atoms with Crippen molar-refractivity contribution < 1.29 is 4.79 Å². The van der Waals surface area contributed by atoms with Gasteiger partial charge in [0, 0.05) is 41.9 Å². The minimum Gasteiger partial charge on any atom is -0.341 e. The molecule has 1 amide bonds. The van der Waals surface area contributed by atoms with Gasteiger partial charge in [-0.2, -0.15) is 0 Å². The zero-order valence-electron chi connectivity index (χ0n) is 16.1. The molecule has 0 N–H and O–H groups in total. The number of fused-ring (bicyclic) bond motifs is 3. The molecule has 2 aliphatic heterocycles. The Balaban J connectivity index is 1.25. The van der Waals surface area contributed by atoms with Crippen molar-refractivity contribution in [2.75, 3.05) is 20.1 Å². The van der Waals surface area contributed by atoms with Crippen molar-refractivity contribution in [3.63, 3.8) is 0 Å². The molecule has 1 aromatic heterocycles. The Morgan fingerprint density at radius 2 is 1.96 bits per heavy atom. The van der Waals surface area contributed by atoms with E-state index < -0.39 is 0 Å². The fraction of sp³-hybridized carbons (Fsp3) is 0.571. The van der Waals surface area contributed by atoms with Crippen LogP contribution in [0.25, 0.3) is 5.69 Å². The van der Waals surface area contributed by atoms with Crippen LogP contribution in [0.3, 0.4) is 0 Å². The molecular weight excluding hydrogens is 374 g/mol. The molecule has 2 aliphatic carbocycles. The van der Waals surface area contributed by atoms with Gasteiger partial charge in [0.05, 0.1) is 12.2 Å². The monoisotopic (exact) mass is 397 g/mol. The number of carbonyl (C=O) groups excluding carboxylic acids is 1. The Hall–Kier alpha value is -1.92. The molecule has 0 bridgehead atoms. The van der Waals surface area contributed by atoms with Crippen LogP contribution in [0.2, 0.25) is 5.02 Å². The van der Waals surface area contributed by atoms with Crippen molar-refractivity contribution in [1.29, 1.82) is 0 Å². The highest BCUT2D eigenvalue weighted by Crippen LogP contribution is 2.56. The maximum Gasteiger partial charge on any atom is 0.225 e. The summed E-state index contributed by atoms with van der Waals surface area (Å²) in [4.78, 5) is 16.6. The van der Waals surface area contributed by atoms with Gasteiger partial charge >= 0.3 is 0 Å². The lowest BCUT2D eigenvalue weighted by Gasteiger charge is -2.58. The lowest BCUT2D eigenvalue weighted by molar-refractivity contribution is -0.153. The summed E-state index contributed by atoms with van der Waals surface area (Å²) in [5.74, 6) is 3.22. The molecule has 6 rings (SSSR count). The molecule has 146 valence electrons. The molecule has 2 aromatic rings. The number of amides is 1. The quantitative estimate of drug-likeness (QED) is 0.781. The van der Waals surface area contributed by atoms with Gasteiger partial charge in [-0.1, -0.05) is 11.6 Å². The van der Waals surface area contributed by atoms with Gasteiger partial charge in [0.25, 0.3) is 0 Å². The standard InChI is InChI=1S/C21H24ClN5O/c1-25-9-14-6-16(22)4-5-17(14)27-18(10-25)23-24-19(27)15-7-21(8-15)11-26(12-21)20(28)13-2-3-13/h4-6,13,15H,2-3,7-12H2,1H3. The van der Waals surface area contributed by atoms with E-state index in [9.17, 15) is 4.79 Å². The minimum atomic E-state index is 0.325. The molecule has 6 nitrogen and oxygen atoms in total. The first-order chi connectivity index (χ1) is 13.5. The Morgan fingerprint density at radius 1 is 1.18 bits per heavy atom. The molecule has 0 atom stereocenters. The number of halogens is 1. The Morgan fingerprint density at radius 3 is 2.71 bits per heavy atom. The topological polar surface area (TPSA) is 54.3 Å². The Labute approximate surface area is 169 Å². The highest BCUT2D eigenvalue weighted by atomic mass is 35.5. The number of rotatable bonds is 2. The highest BCUT2D eigenvalue weighted by molar-refractivity contribution is 6.30. The second-order valence-electron chi connectivity index (χ2n) is 9.33.